The molecule has 0 aromatic rings. The summed E-state index contributed by atoms with van der Waals surface area (Å²) < 4.78 is 11.6. The highest BCUT2D eigenvalue weighted by molar-refractivity contribution is 5.86. The summed E-state index contributed by atoms with van der Waals surface area (Å²) in [5.41, 5.74) is 5.63. The Labute approximate surface area is 139 Å². The summed E-state index contributed by atoms with van der Waals surface area (Å²) in [5, 5.41) is 0. The highest BCUT2D eigenvalue weighted by atomic mass is 16.5. The van der Waals surface area contributed by atoms with Crippen LogP contribution in [0.25, 0.3) is 0 Å². The Kier molecular flexibility index (Phi) is 5.60. The maximum atomic E-state index is 12.7. The van der Waals surface area contributed by atoms with Crippen molar-refractivity contribution in [2.45, 2.75) is 76.0 Å². The van der Waals surface area contributed by atoms with Crippen LogP contribution in [0, 0.1) is 5.92 Å². The van der Waals surface area contributed by atoms with Crippen LogP contribution >= 0.6 is 0 Å². The van der Waals surface area contributed by atoms with Crippen LogP contribution in [0.1, 0.15) is 58.3 Å². The van der Waals surface area contributed by atoms with Crippen molar-refractivity contribution in [2.24, 2.45) is 11.7 Å². The monoisotopic (exact) mass is 324 g/mol. The lowest BCUT2D eigenvalue weighted by molar-refractivity contribution is -0.144. The smallest absolute Gasteiger partial charge is 0.242 e. The fraction of sp³-hybridized carbons (Fsp3) is 0.944. The highest BCUT2D eigenvalue weighted by Gasteiger charge is 2.40. The van der Waals surface area contributed by atoms with Crippen molar-refractivity contribution in [3.8, 4) is 0 Å². The zero-order valence-electron chi connectivity index (χ0n) is 14.5. The van der Waals surface area contributed by atoms with Crippen molar-refractivity contribution >= 4 is 5.91 Å². The van der Waals surface area contributed by atoms with E-state index in [1.807, 2.05) is 4.90 Å². The van der Waals surface area contributed by atoms with Gasteiger partial charge in [0.15, 0.2) is 0 Å². The van der Waals surface area contributed by atoms with Gasteiger partial charge in [-0.3, -0.25) is 4.79 Å². The molecule has 0 unspecified atom stereocenters. The van der Waals surface area contributed by atoms with Gasteiger partial charge < -0.3 is 20.1 Å². The van der Waals surface area contributed by atoms with E-state index in [1.54, 1.807) is 0 Å². The summed E-state index contributed by atoms with van der Waals surface area (Å²) >= 11 is 0. The number of hydrogen-bond donors (Lipinski definition) is 1. The third-order valence-electron chi connectivity index (χ3n) is 5.89. The number of nitrogens with two attached hydrogens (primary N) is 1. The molecule has 2 saturated heterocycles. The third-order valence-corrected chi connectivity index (χ3v) is 5.89. The molecular weight excluding hydrogens is 292 g/mol. The first-order valence-corrected chi connectivity index (χ1v) is 9.38. The SMILES string of the molecule is CC1CCC(OC2CCN(C(=O)C3(N)CCOCC3)CC2)CC1. The van der Waals surface area contributed by atoms with E-state index in [0.29, 0.717) is 38.3 Å². The molecular formula is C18H32N2O3. The number of hydrogen-bond acceptors (Lipinski definition) is 4. The quantitative estimate of drug-likeness (QED) is 0.863. The lowest BCUT2D eigenvalue weighted by Gasteiger charge is -2.40. The molecule has 5 heteroatoms. The Bertz CT molecular complexity index is 393. The molecule has 2 N–H and O–H groups in total. The molecule has 1 saturated carbocycles. The molecule has 2 aliphatic heterocycles. The number of piperidine rings is 1. The molecule has 3 aliphatic rings. The van der Waals surface area contributed by atoms with Gasteiger partial charge in [0, 0.05) is 26.3 Å². The first-order chi connectivity index (χ1) is 11.1. The first kappa shape index (κ1) is 17.2. The molecule has 1 aliphatic carbocycles. The number of ether oxygens (including phenoxy) is 2. The minimum Gasteiger partial charge on any atom is -0.381 e. The summed E-state index contributed by atoms with van der Waals surface area (Å²) in [6.07, 6.45) is 8.92. The summed E-state index contributed by atoms with van der Waals surface area (Å²) in [7, 11) is 0. The molecule has 3 rings (SSSR count). The molecule has 0 bridgehead atoms. The van der Waals surface area contributed by atoms with Gasteiger partial charge in [0.1, 0.15) is 0 Å². The van der Waals surface area contributed by atoms with Crippen molar-refractivity contribution in [2.75, 3.05) is 26.3 Å². The van der Waals surface area contributed by atoms with E-state index < -0.39 is 5.54 Å². The molecule has 0 spiro atoms. The molecule has 23 heavy (non-hydrogen) atoms. The van der Waals surface area contributed by atoms with Gasteiger partial charge in [-0.1, -0.05) is 6.92 Å². The predicted molar refractivity (Wildman–Crippen MR) is 89.1 cm³/mol. The molecule has 0 atom stereocenters. The predicted octanol–water partition coefficient (Wildman–Crippen LogP) is 2.08. The van der Waals surface area contributed by atoms with Crippen molar-refractivity contribution < 1.29 is 14.3 Å². The summed E-state index contributed by atoms with van der Waals surface area (Å²) in [6.45, 7) is 5.10. The summed E-state index contributed by atoms with van der Waals surface area (Å²) in [6, 6.07) is 0. The van der Waals surface area contributed by atoms with Crippen molar-refractivity contribution in [1.82, 2.24) is 4.90 Å². The second-order valence-electron chi connectivity index (χ2n) is 7.78. The van der Waals surface area contributed by atoms with E-state index in [1.165, 1.54) is 25.7 Å². The molecule has 0 aromatic heterocycles. The van der Waals surface area contributed by atoms with E-state index in [2.05, 4.69) is 6.92 Å². The van der Waals surface area contributed by atoms with Gasteiger partial charge in [-0.25, -0.2) is 0 Å². The molecule has 2 heterocycles. The Balaban J connectivity index is 1.44. The van der Waals surface area contributed by atoms with Crippen molar-refractivity contribution in [3.05, 3.63) is 0 Å². The minimum absolute atomic E-state index is 0.116. The van der Waals surface area contributed by atoms with Crippen LogP contribution < -0.4 is 5.73 Å². The number of carbonyl (C=O) groups is 1. The zero-order valence-corrected chi connectivity index (χ0v) is 14.5. The summed E-state index contributed by atoms with van der Waals surface area (Å²) in [5.74, 6) is 0.972. The Morgan fingerprint density at radius 1 is 1.04 bits per heavy atom. The Hall–Kier alpha value is -0.650. The number of amides is 1. The second kappa shape index (κ2) is 7.49. The van der Waals surface area contributed by atoms with Gasteiger partial charge in [-0.15, -0.1) is 0 Å². The van der Waals surface area contributed by atoms with Gasteiger partial charge in [-0.2, -0.15) is 0 Å². The van der Waals surface area contributed by atoms with Crippen molar-refractivity contribution in [3.63, 3.8) is 0 Å². The Morgan fingerprint density at radius 3 is 2.22 bits per heavy atom. The number of nitrogens with zero attached hydrogens (tertiary/aromatic N) is 1. The molecule has 0 radical (unpaired) electrons. The van der Waals surface area contributed by atoms with Crippen molar-refractivity contribution in [1.29, 1.82) is 0 Å². The van der Waals surface area contributed by atoms with E-state index in [4.69, 9.17) is 15.2 Å². The van der Waals surface area contributed by atoms with E-state index in [-0.39, 0.29) is 5.91 Å². The molecule has 5 nitrogen and oxygen atoms in total. The fourth-order valence-electron chi connectivity index (χ4n) is 4.10. The van der Waals surface area contributed by atoms with Gasteiger partial charge in [0.2, 0.25) is 5.91 Å². The van der Waals surface area contributed by atoms with Crippen LogP contribution in [0.2, 0.25) is 0 Å². The van der Waals surface area contributed by atoms with Crippen LogP contribution in [-0.2, 0) is 14.3 Å². The lowest BCUT2D eigenvalue weighted by atomic mass is 9.88. The van der Waals surface area contributed by atoms with Crippen LogP contribution in [-0.4, -0.2) is 54.9 Å². The Morgan fingerprint density at radius 2 is 1.61 bits per heavy atom. The largest absolute Gasteiger partial charge is 0.381 e. The molecule has 132 valence electrons. The first-order valence-electron chi connectivity index (χ1n) is 9.38. The van der Waals surface area contributed by atoms with Crippen LogP contribution in [0.15, 0.2) is 0 Å². The molecule has 0 aromatic carbocycles. The highest BCUT2D eigenvalue weighted by Crippen LogP contribution is 2.29. The fourth-order valence-corrected chi connectivity index (χ4v) is 4.10. The maximum Gasteiger partial charge on any atom is 0.242 e. The van der Waals surface area contributed by atoms with Gasteiger partial charge in [0.25, 0.3) is 0 Å². The van der Waals surface area contributed by atoms with Gasteiger partial charge >= 0.3 is 0 Å². The number of likely N-dealkylation sites (tertiary alicyclic amines) is 1. The number of carbonyl (C=O) groups excluding carboxylic acids is 1. The van der Waals surface area contributed by atoms with Gasteiger partial charge in [-0.05, 0) is 57.3 Å². The number of rotatable bonds is 3. The van der Waals surface area contributed by atoms with Crippen LogP contribution in [0.3, 0.4) is 0 Å². The van der Waals surface area contributed by atoms with E-state index in [9.17, 15) is 4.79 Å². The minimum atomic E-state index is -0.703. The van der Waals surface area contributed by atoms with Crippen LogP contribution in [0.5, 0.6) is 0 Å². The normalized spacial score (nSPS) is 32.7. The van der Waals surface area contributed by atoms with Crippen LogP contribution in [0.4, 0.5) is 0 Å². The summed E-state index contributed by atoms with van der Waals surface area (Å²) in [4.78, 5) is 14.7. The van der Waals surface area contributed by atoms with E-state index >= 15 is 0 Å². The zero-order chi connectivity index (χ0) is 16.3. The average Bonchev–Trinajstić information content (AvgIpc) is 2.58. The second-order valence-corrected chi connectivity index (χ2v) is 7.78. The molecule has 3 fully saturated rings. The van der Waals surface area contributed by atoms with E-state index in [0.717, 1.165) is 31.8 Å². The standard InChI is InChI=1S/C18H32N2O3/c1-14-2-4-15(5-3-14)23-16-6-10-20(11-7-16)17(21)18(19)8-12-22-13-9-18/h14-16H,2-13,19H2,1H3. The topological polar surface area (TPSA) is 64.8 Å². The third kappa shape index (κ3) is 4.25. The lowest BCUT2D eigenvalue weighted by Crippen LogP contribution is -2.59. The average molecular weight is 324 g/mol. The maximum absolute atomic E-state index is 12.7. The molecule has 1 amide bonds. The van der Waals surface area contributed by atoms with Gasteiger partial charge in [0.05, 0.1) is 17.7 Å².